The lowest BCUT2D eigenvalue weighted by Gasteiger charge is -2.07. The zero-order valence-electron chi connectivity index (χ0n) is 9.71. The van der Waals surface area contributed by atoms with E-state index >= 15 is 0 Å². The summed E-state index contributed by atoms with van der Waals surface area (Å²) < 4.78 is 39.7. The van der Waals surface area contributed by atoms with E-state index in [1.165, 1.54) is 17.4 Å². The number of nitrogens with one attached hydrogen (secondary N) is 1. The quantitative estimate of drug-likeness (QED) is 0.871. The number of aliphatic hydroxyl groups is 1. The molecule has 102 valence electrons. The Morgan fingerprint density at radius 2 is 2.21 bits per heavy atom. The number of benzene rings is 1. The molecule has 0 aliphatic rings. The molecule has 19 heavy (non-hydrogen) atoms. The number of hydrogen-bond donors (Lipinski definition) is 2. The molecule has 2 N–H and O–H groups in total. The molecule has 0 saturated carbocycles. The summed E-state index contributed by atoms with van der Waals surface area (Å²) >= 11 is 1.35. The molecule has 1 aromatic carbocycles. The third kappa shape index (κ3) is 3.35. The van der Waals surface area contributed by atoms with Gasteiger partial charge < -0.3 is 5.11 Å². The van der Waals surface area contributed by atoms with Gasteiger partial charge in [0.1, 0.15) is 10.7 Å². The summed E-state index contributed by atoms with van der Waals surface area (Å²) in [5, 5.41) is 10.5. The highest BCUT2D eigenvalue weighted by atomic mass is 32.2. The van der Waals surface area contributed by atoms with E-state index in [4.69, 9.17) is 5.11 Å². The van der Waals surface area contributed by atoms with E-state index in [9.17, 15) is 12.8 Å². The molecule has 2 rings (SSSR count). The topological polar surface area (TPSA) is 79.3 Å². The Kier molecular flexibility index (Phi) is 4.25. The highest BCUT2D eigenvalue weighted by Gasteiger charge is 2.19. The van der Waals surface area contributed by atoms with Crippen molar-refractivity contribution in [2.45, 2.75) is 18.0 Å². The Bertz CT molecular complexity index is 657. The van der Waals surface area contributed by atoms with Gasteiger partial charge in [0, 0.05) is 5.38 Å². The van der Waals surface area contributed by atoms with Crippen LogP contribution in [0.2, 0.25) is 0 Å². The maximum atomic E-state index is 13.7. The number of aromatic nitrogens is 1. The van der Waals surface area contributed by atoms with Crippen LogP contribution in [0.3, 0.4) is 0 Å². The Morgan fingerprint density at radius 3 is 2.79 bits per heavy atom. The Hall–Kier alpha value is -1.35. The van der Waals surface area contributed by atoms with Crippen LogP contribution in [0.4, 0.5) is 4.39 Å². The van der Waals surface area contributed by atoms with Crippen LogP contribution in [-0.2, 0) is 23.2 Å². The lowest BCUT2D eigenvalue weighted by molar-refractivity contribution is 0.281. The summed E-state index contributed by atoms with van der Waals surface area (Å²) in [5.74, 6) is -0.891. The van der Waals surface area contributed by atoms with Crippen LogP contribution >= 0.6 is 11.3 Å². The van der Waals surface area contributed by atoms with Crippen LogP contribution in [0.5, 0.6) is 0 Å². The first-order chi connectivity index (χ1) is 9.03. The molecule has 0 aliphatic carbocycles. The van der Waals surface area contributed by atoms with Gasteiger partial charge in [-0.2, -0.15) is 0 Å². The van der Waals surface area contributed by atoms with Crippen LogP contribution in [0.25, 0.3) is 0 Å². The Morgan fingerprint density at radius 1 is 1.42 bits per heavy atom. The summed E-state index contributed by atoms with van der Waals surface area (Å²) in [6.07, 6.45) is 0. The van der Waals surface area contributed by atoms with E-state index in [0.29, 0.717) is 11.3 Å². The van der Waals surface area contributed by atoms with E-state index < -0.39 is 20.7 Å². The molecule has 0 fully saturated rings. The number of sulfonamides is 1. The zero-order valence-corrected chi connectivity index (χ0v) is 11.3. The van der Waals surface area contributed by atoms with Gasteiger partial charge in [-0.05, 0) is 17.7 Å². The molecular formula is C11H11FN2O3S2. The fraction of sp³-hybridized carbons (Fsp3) is 0.182. The monoisotopic (exact) mass is 302 g/mol. The predicted octanol–water partition coefficient (Wildman–Crippen LogP) is 1.25. The second-order valence-corrected chi connectivity index (χ2v) is 6.18. The Balaban J connectivity index is 2.19. The summed E-state index contributed by atoms with van der Waals surface area (Å²) in [5.41, 5.74) is 2.47. The molecule has 2 aromatic rings. The number of rotatable bonds is 5. The summed E-state index contributed by atoms with van der Waals surface area (Å²) in [6, 6.07) is 3.49. The summed E-state index contributed by atoms with van der Waals surface area (Å²) in [7, 11) is -3.93. The summed E-state index contributed by atoms with van der Waals surface area (Å²) in [4.78, 5) is 3.48. The number of nitrogens with zero attached hydrogens (tertiary/aromatic N) is 1. The van der Waals surface area contributed by atoms with Crippen molar-refractivity contribution < 1.29 is 17.9 Å². The van der Waals surface area contributed by atoms with Crippen LogP contribution in [0.1, 0.15) is 11.3 Å². The average molecular weight is 302 g/mol. The van der Waals surface area contributed by atoms with E-state index in [2.05, 4.69) is 9.71 Å². The van der Waals surface area contributed by atoms with Gasteiger partial charge in [0.05, 0.1) is 24.4 Å². The highest BCUT2D eigenvalue weighted by molar-refractivity contribution is 7.89. The van der Waals surface area contributed by atoms with Crippen molar-refractivity contribution in [2.75, 3.05) is 0 Å². The third-order valence-corrected chi connectivity index (χ3v) is 4.46. The fourth-order valence-electron chi connectivity index (χ4n) is 1.43. The minimum atomic E-state index is -3.93. The molecule has 0 bridgehead atoms. The van der Waals surface area contributed by atoms with Crippen LogP contribution in [0, 0.1) is 5.82 Å². The third-order valence-electron chi connectivity index (χ3n) is 2.40. The van der Waals surface area contributed by atoms with Gasteiger partial charge in [0.2, 0.25) is 10.0 Å². The van der Waals surface area contributed by atoms with Crippen molar-refractivity contribution in [3.8, 4) is 0 Å². The molecule has 0 spiro atoms. The Labute approximate surface area is 113 Å². The number of thiazole rings is 1. The van der Waals surface area contributed by atoms with Gasteiger partial charge in [0.25, 0.3) is 0 Å². The standard InChI is InChI=1S/C11H11FN2O3S2/c12-10-3-8(5-15)1-2-11(10)19(16,17)14-4-9-6-18-7-13-9/h1-3,6-7,14-15H,4-5H2. The van der Waals surface area contributed by atoms with Gasteiger partial charge in [-0.1, -0.05) is 6.07 Å². The molecule has 1 heterocycles. The lowest BCUT2D eigenvalue weighted by Crippen LogP contribution is -2.24. The molecule has 0 atom stereocenters. The molecule has 0 unspecified atom stereocenters. The maximum absolute atomic E-state index is 13.7. The first kappa shape index (κ1) is 14.1. The van der Waals surface area contributed by atoms with Crippen LogP contribution < -0.4 is 4.72 Å². The number of aliphatic hydroxyl groups excluding tert-OH is 1. The number of halogens is 1. The van der Waals surface area contributed by atoms with Gasteiger partial charge in [-0.25, -0.2) is 22.5 Å². The first-order valence-electron chi connectivity index (χ1n) is 5.29. The molecule has 1 aromatic heterocycles. The van der Waals surface area contributed by atoms with E-state index in [-0.39, 0.29) is 13.2 Å². The van der Waals surface area contributed by atoms with Crippen molar-refractivity contribution in [2.24, 2.45) is 0 Å². The van der Waals surface area contributed by atoms with Crippen LogP contribution in [-0.4, -0.2) is 18.5 Å². The largest absolute Gasteiger partial charge is 0.392 e. The zero-order chi connectivity index (χ0) is 13.9. The number of hydrogen-bond acceptors (Lipinski definition) is 5. The second-order valence-electron chi connectivity index (χ2n) is 3.73. The van der Waals surface area contributed by atoms with Gasteiger partial charge in [0.15, 0.2) is 0 Å². The van der Waals surface area contributed by atoms with Crippen molar-refractivity contribution >= 4 is 21.4 Å². The molecule has 0 aliphatic heterocycles. The molecule has 0 amide bonds. The van der Waals surface area contributed by atoms with E-state index in [0.717, 1.165) is 12.1 Å². The molecule has 0 radical (unpaired) electrons. The van der Waals surface area contributed by atoms with Gasteiger partial charge >= 0.3 is 0 Å². The normalized spacial score (nSPS) is 11.7. The van der Waals surface area contributed by atoms with E-state index in [1.807, 2.05) is 0 Å². The lowest BCUT2D eigenvalue weighted by atomic mass is 10.2. The molecule has 0 saturated heterocycles. The highest BCUT2D eigenvalue weighted by Crippen LogP contribution is 2.16. The first-order valence-corrected chi connectivity index (χ1v) is 7.71. The molecule has 5 nitrogen and oxygen atoms in total. The van der Waals surface area contributed by atoms with Gasteiger partial charge in [-0.3, -0.25) is 0 Å². The van der Waals surface area contributed by atoms with Crippen molar-refractivity contribution in [1.82, 2.24) is 9.71 Å². The van der Waals surface area contributed by atoms with Crippen molar-refractivity contribution in [3.05, 3.63) is 46.2 Å². The maximum Gasteiger partial charge on any atom is 0.243 e. The smallest absolute Gasteiger partial charge is 0.243 e. The minimum Gasteiger partial charge on any atom is -0.392 e. The second kappa shape index (κ2) is 5.74. The van der Waals surface area contributed by atoms with Gasteiger partial charge in [-0.15, -0.1) is 11.3 Å². The minimum absolute atomic E-state index is 0.00697. The van der Waals surface area contributed by atoms with E-state index in [1.54, 1.807) is 10.9 Å². The van der Waals surface area contributed by atoms with Crippen molar-refractivity contribution in [3.63, 3.8) is 0 Å². The molecular weight excluding hydrogens is 291 g/mol. The summed E-state index contributed by atoms with van der Waals surface area (Å²) in [6.45, 7) is -0.337. The van der Waals surface area contributed by atoms with Crippen LogP contribution in [0.15, 0.2) is 34.0 Å². The predicted molar refractivity (Wildman–Crippen MR) is 68.5 cm³/mol. The fourth-order valence-corrected chi connectivity index (χ4v) is 3.05. The SMILES string of the molecule is O=S(=O)(NCc1cscn1)c1ccc(CO)cc1F. The average Bonchev–Trinajstić information content (AvgIpc) is 2.89. The molecule has 8 heteroatoms. The van der Waals surface area contributed by atoms with Crippen molar-refractivity contribution in [1.29, 1.82) is 0 Å².